The Hall–Kier alpha value is -0.490. The molecular formula is C15H26N2O17P4S. The predicted molar refractivity (Wildman–Crippen MR) is 130 cm³/mol. The largest absolute Gasteiger partial charge is 0.490 e. The molecule has 2 aliphatic rings. The number of aromatic nitrogens is 2. The summed E-state index contributed by atoms with van der Waals surface area (Å²) >= 11 is 0.350. The van der Waals surface area contributed by atoms with Crippen molar-refractivity contribution in [2.45, 2.75) is 61.9 Å². The molecule has 1 aromatic rings. The summed E-state index contributed by atoms with van der Waals surface area (Å²) < 4.78 is 70.6. The highest BCUT2D eigenvalue weighted by Crippen LogP contribution is 2.74. The average molecular weight is 662 g/mol. The van der Waals surface area contributed by atoms with Gasteiger partial charge in [0.05, 0.1) is 6.61 Å². The Morgan fingerprint density at radius 1 is 0.923 bits per heavy atom. The molecule has 19 nitrogen and oxygen atoms in total. The SMILES string of the molecule is O=c1ccn([C@@H]2O[C@H](COP(=O)(O)OP(=O)(O)OP(=O)(O)OP(=O)(O)SC3CCCCC3)C(O)[C@@H]2O)c(=O)[nH]1. The van der Waals surface area contributed by atoms with Gasteiger partial charge in [0.1, 0.15) is 18.3 Å². The summed E-state index contributed by atoms with van der Waals surface area (Å²) in [6.45, 7) is -5.98. The normalized spacial score (nSPS) is 30.6. The maximum absolute atomic E-state index is 12.2. The van der Waals surface area contributed by atoms with Crippen molar-refractivity contribution in [2.75, 3.05) is 6.61 Å². The first-order valence-electron chi connectivity index (χ1n) is 11.0. The quantitative estimate of drug-likeness (QED) is 0.151. The number of phosphoric ester groups is 1. The predicted octanol–water partition coefficient (Wildman–Crippen LogP) is 0.690. The number of hydrogen-bond acceptors (Lipinski definition) is 14. The summed E-state index contributed by atoms with van der Waals surface area (Å²) in [7, 11) is -17.4. The van der Waals surface area contributed by atoms with Gasteiger partial charge < -0.3 is 34.5 Å². The van der Waals surface area contributed by atoms with Crippen molar-refractivity contribution < 1.29 is 70.2 Å². The van der Waals surface area contributed by atoms with E-state index in [4.69, 9.17) is 4.74 Å². The van der Waals surface area contributed by atoms with Crippen LogP contribution in [-0.2, 0) is 40.5 Å². The summed E-state index contributed by atoms with van der Waals surface area (Å²) in [6, 6.07) is 0.913. The van der Waals surface area contributed by atoms with E-state index < -0.39 is 72.7 Å². The highest BCUT2D eigenvalue weighted by molar-refractivity contribution is 8.55. The van der Waals surface area contributed by atoms with Crippen LogP contribution in [0.4, 0.5) is 0 Å². The van der Waals surface area contributed by atoms with Crippen molar-refractivity contribution in [2.24, 2.45) is 0 Å². The fourth-order valence-electron chi connectivity index (χ4n) is 3.71. The molecule has 0 bridgehead atoms. The molecule has 1 aliphatic carbocycles. The Labute approximate surface area is 223 Å². The molecule has 0 spiro atoms. The van der Waals surface area contributed by atoms with Gasteiger partial charge in [-0.05, 0) is 24.2 Å². The van der Waals surface area contributed by atoms with E-state index in [1.807, 2.05) is 4.98 Å². The van der Waals surface area contributed by atoms with E-state index in [-0.39, 0.29) is 5.25 Å². The van der Waals surface area contributed by atoms with Crippen molar-refractivity contribution in [3.05, 3.63) is 33.1 Å². The summed E-state index contributed by atoms with van der Waals surface area (Å²) in [5.74, 6) is 0. The Morgan fingerprint density at radius 3 is 2.13 bits per heavy atom. The molecule has 0 radical (unpaired) electrons. The molecule has 39 heavy (non-hydrogen) atoms. The van der Waals surface area contributed by atoms with Gasteiger partial charge in [-0.3, -0.25) is 18.9 Å². The number of nitrogens with zero attached hydrogens (tertiary/aromatic N) is 1. The summed E-state index contributed by atoms with van der Waals surface area (Å²) in [5.41, 5.74) is -1.78. The van der Waals surface area contributed by atoms with Crippen LogP contribution in [0.25, 0.3) is 0 Å². The van der Waals surface area contributed by atoms with Crippen LogP contribution in [0.1, 0.15) is 38.3 Å². The van der Waals surface area contributed by atoms with Gasteiger partial charge in [-0.2, -0.15) is 12.9 Å². The molecule has 2 heterocycles. The summed E-state index contributed by atoms with van der Waals surface area (Å²) in [5, 5.41) is 19.9. The van der Waals surface area contributed by atoms with Gasteiger partial charge in [-0.25, -0.2) is 23.1 Å². The highest BCUT2D eigenvalue weighted by Gasteiger charge is 2.48. The lowest BCUT2D eigenvalue weighted by Gasteiger charge is -2.24. The average Bonchev–Trinajstić information content (AvgIpc) is 3.04. The second-order valence-electron chi connectivity index (χ2n) is 8.34. The zero-order valence-corrected chi connectivity index (χ0v) is 24.0. The Bertz CT molecular complexity index is 1330. The molecule has 0 aromatic carbocycles. The molecule has 1 aliphatic heterocycles. The lowest BCUT2D eigenvalue weighted by atomic mass is 10.0. The third-order valence-electron chi connectivity index (χ3n) is 5.32. The first-order chi connectivity index (χ1) is 17.9. The number of nitrogens with one attached hydrogen (secondary N) is 1. The monoisotopic (exact) mass is 662 g/mol. The van der Waals surface area contributed by atoms with Crippen LogP contribution in [0.2, 0.25) is 0 Å². The third kappa shape index (κ3) is 9.79. The topological polar surface area (TPSA) is 291 Å². The minimum Gasteiger partial charge on any atom is -0.387 e. The molecule has 1 saturated heterocycles. The second kappa shape index (κ2) is 12.8. The van der Waals surface area contributed by atoms with Crippen LogP contribution in [0.3, 0.4) is 0 Å². The maximum Gasteiger partial charge on any atom is 0.490 e. The molecule has 1 saturated carbocycles. The first kappa shape index (κ1) is 33.0. The van der Waals surface area contributed by atoms with Gasteiger partial charge in [0.2, 0.25) is 0 Å². The number of rotatable bonds is 12. The minimum atomic E-state index is -5.97. The van der Waals surface area contributed by atoms with E-state index in [1.165, 1.54) is 0 Å². The van der Waals surface area contributed by atoms with E-state index >= 15 is 0 Å². The molecule has 0 amide bonds. The lowest BCUT2D eigenvalue weighted by Crippen LogP contribution is -2.37. The molecule has 2 fully saturated rings. The fraction of sp³-hybridized carbons (Fsp3) is 0.733. The Kier molecular flexibility index (Phi) is 10.8. The van der Waals surface area contributed by atoms with Gasteiger partial charge in [0, 0.05) is 17.5 Å². The van der Waals surface area contributed by atoms with Crippen LogP contribution >= 0.6 is 41.6 Å². The van der Waals surface area contributed by atoms with Gasteiger partial charge >= 0.3 is 36.0 Å². The second-order valence-corrected chi connectivity index (χ2v) is 17.2. The molecule has 3 rings (SSSR count). The van der Waals surface area contributed by atoms with Crippen molar-refractivity contribution in [3.8, 4) is 0 Å². The zero-order valence-electron chi connectivity index (χ0n) is 19.6. The first-order valence-corrected chi connectivity index (χ1v) is 18.5. The third-order valence-corrected chi connectivity index (χ3v) is 14.1. The molecule has 1 aromatic heterocycles. The molecule has 8 atom stereocenters. The number of aliphatic hydroxyl groups excluding tert-OH is 2. The van der Waals surface area contributed by atoms with E-state index in [9.17, 15) is 57.6 Å². The van der Waals surface area contributed by atoms with E-state index in [2.05, 4.69) is 17.5 Å². The number of ether oxygens (including phenoxy) is 1. The smallest absolute Gasteiger partial charge is 0.387 e. The standard InChI is InChI=1S/C15H26N2O17P4S/c18-11-6-7-17(15(21)16-11)14-13(20)12(19)10(31-14)8-30-35(22,23)32-36(24,25)33-37(26,27)34-38(28,29)39-9-4-2-1-3-5-9/h6-7,9-10,12-14,19-20H,1-5,8H2,(H,22,23)(H,24,25)(H,26,27)(H,28,29)(H,16,18,21)/t10-,12?,13+,14-/m1/s1. The van der Waals surface area contributed by atoms with Crippen LogP contribution in [0.5, 0.6) is 0 Å². The molecule has 7 N–H and O–H groups in total. The van der Waals surface area contributed by atoms with Crippen LogP contribution in [-0.4, -0.2) is 69.5 Å². The molecular weight excluding hydrogens is 636 g/mol. The Balaban J connectivity index is 1.57. The van der Waals surface area contributed by atoms with Crippen LogP contribution in [0, 0.1) is 0 Å². The van der Waals surface area contributed by atoms with Gasteiger partial charge in [-0.1, -0.05) is 19.3 Å². The molecule has 24 heteroatoms. The fourth-order valence-corrected chi connectivity index (χ4v) is 12.1. The van der Waals surface area contributed by atoms with Crippen molar-refractivity contribution in [3.63, 3.8) is 0 Å². The van der Waals surface area contributed by atoms with Gasteiger partial charge in [-0.15, -0.1) is 0 Å². The number of aromatic amines is 1. The number of hydrogen-bond donors (Lipinski definition) is 7. The maximum atomic E-state index is 12.2. The van der Waals surface area contributed by atoms with Gasteiger partial charge in [0.15, 0.2) is 6.23 Å². The van der Waals surface area contributed by atoms with E-state index in [1.54, 1.807) is 0 Å². The van der Waals surface area contributed by atoms with Crippen molar-refractivity contribution >= 4 is 41.6 Å². The summed E-state index contributed by atoms with van der Waals surface area (Å²) in [4.78, 5) is 63.9. The number of phosphoric acid groups is 3. The van der Waals surface area contributed by atoms with Crippen LogP contribution in [0.15, 0.2) is 21.9 Å². The van der Waals surface area contributed by atoms with Crippen molar-refractivity contribution in [1.82, 2.24) is 9.55 Å². The molecule has 5 unspecified atom stereocenters. The van der Waals surface area contributed by atoms with E-state index in [0.29, 0.717) is 28.8 Å². The van der Waals surface area contributed by atoms with E-state index in [0.717, 1.165) is 31.5 Å². The molecule has 224 valence electrons. The lowest BCUT2D eigenvalue weighted by molar-refractivity contribution is -0.0542. The Morgan fingerprint density at radius 2 is 1.51 bits per heavy atom. The summed E-state index contributed by atoms with van der Waals surface area (Å²) in [6.07, 6.45) is -2.43. The zero-order chi connectivity index (χ0) is 29.2. The van der Waals surface area contributed by atoms with Crippen molar-refractivity contribution in [1.29, 1.82) is 0 Å². The highest BCUT2D eigenvalue weighted by atomic mass is 32.7. The number of H-pyrrole nitrogens is 1. The minimum absolute atomic E-state index is 0.350. The number of aliphatic hydroxyl groups is 2. The van der Waals surface area contributed by atoms with Gasteiger partial charge in [0.25, 0.3) is 5.56 Å². The van der Waals surface area contributed by atoms with Crippen LogP contribution < -0.4 is 11.2 Å².